The summed E-state index contributed by atoms with van der Waals surface area (Å²) in [5, 5.41) is 9.10. The summed E-state index contributed by atoms with van der Waals surface area (Å²) >= 11 is 4.69. The number of nitriles is 1. The van der Waals surface area contributed by atoms with Gasteiger partial charge in [0.25, 0.3) is 5.91 Å². The van der Waals surface area contributed by atoms with E-state index in [4.69, 9.17) is 14.7 Å². The highest BCUT2D eigenvalue weighted by Crippen LogP contribution is 2.50. The number of halogens is 3. The fourth-order valence-electron chi connectivity index (χ4n) is 5.71. The highest BCUT2D eigenvalue weighted by atomic mass is 32.1. The number of rotatable bonds is 7. The summed E-state index contributed by atoms with van der Waals surface area (Å²) in [4.78, 5) is 34.2. The summed E-state index contributed by atoms with van der Waals surface area (Å²) < 4.78 is 52.0. The quantitative estimate of drug-likeness (QED) is 0.376. The first-order valence-electron chi connectivity index (χ1n) is 13.5. The number of benzene rings is 1. The molecule has 1 aromatic carbocycles. The number of hydrogen-bond donors (Lipinski definition) is 1. The molecule has 1 saturated carbocycles. The van der Waals surface area contributed by atoms with E-state index in [9.17, 15) is 22.8 Å². The zero-order valence-electron chi connectivity index (χ0n) is 22.4. The van der Waals surface area contributed by atoms with Crippen LogP contribution < -0.4 is 14.5 Å². The van der Waals surface area contributed by atoms with E-state index in [-0.39, 0.29) is 30.2 Å². The van der Waals surface area contributed by atoms with E-state index in [0.29, 0.717) is 30.9 Å². The number of alkyl halides is 3. The molecule has 3 fully saturated rings. The van der Waals surface area contributed by atoms with Crippen molar-refractivity contribution < 1.29 is 32.2 Å². The number of esters is 1. The van der Waals surface area contributed by atoms with Crippen molar-refractivity contribution in [1.82, 2.24) is 9.88 Å². The highest BCUT2D eigenvalue weighted by molar-refractivity contribution is 7.81. The van der Waals surface area contributed by atoms with Crippen molar-refractivity contribution in [2.45, 2.75) is 62.3 Å². The lowest BCUT2D eigenvalue weighted by atomic mass is 9.75. The smallest absolute Gasteiger partial charge is 0.419 e. The molecule has 13 heteroatoms. The largest absolute Gasteiger partial charge is 0.490 e. The van der Waals surface area contributed by atoms with E-state index in [0.717, 1.165) is 44.6 Å². The number of aromatic nitrogens is 1. The lowest BCUT2D eigenvalue weighted by Gasteiger charge is -2.44. The number of thiol groups is 1. The fraction of sp³-hybridized carbons (Fsp3) is 0.500. The molecule has 0 radical (unpaired) electrons. The molecule has 1 atom stereocenters. The van der Waals surface area contributed by atoms with Crippen molar-refractivity contribution in [2.75, 3.05) is 36.0 Å². The number of piperidine rings is 1. The Morgan fingerprint density at radius 1 is 1.20 bits per heavy atom. The van der Waals surface area contributed by atoms with Crippen LogP contribution in [0.15, 0.2) is 36.5 Å². The molecule has 2 aromatic rings. The Kier molecular flexibility index (Phi) is 8.07. The molecule has 3 aliphatic rings. The Hall–Kier alpha value is -3.50. The van der Waals surface area contributed by atoms with Crippen LogP contribution in [0.25, 0.3) is 0 Å². The van der Waals surface area contributed by atoms with Crippen molar-refractivity contribution >= 4 is 35.9 Å². The predicted molar refractivity (Wildman–Crippen MR) is 146 cm³/mol. The minimum atomic E-state index is -4.80. The third-order valence-electron chi connectivity index (χ3n) is 7.89. The van der Waals surface area contributed by atoms with Gasteiger partial charge in [-0.2, -0.15) is 18.4 Å². The Labute approximate surface area is 241 Å². The standard InChI is InChI=1S/C28H30F3N5O4S/c1-2-39-24(37)17-34-12-8-21(9-13-34)40-20-6-4-18(5-7-20)36-26(41)35(25(38)27(36)10-3-11-27)19-14-22(28(29,30)31)23(15-32)33-16-19/h4-7,14,16,21,26,41H,2-3,8-13,17H2,1H3. The van der Waals surface area contributed by atoms with Crippen LogP contribution in [0, 0.1) is 11.3 Å². The predicted octanol–water partition coefficient (Wildman–Crippen LogP) is 4.37. The zero-order chi connectivity index (χ0) is 29.4. The van der Waals surface area contributed by atoms with Gasteiger partial charge < -0.3 is 14.4 Å². The van der Waals surface area contributed by atoms with Crippen LogP contribution in [0.5, 0.6) is 5.75 Å². The van der Waals surface area contributed by atoms with Gasteiger partial charge in [0.1, 0.15) is 23.5 Å². The maximum atomic E-state index is 13.7. The average molecular weight is 590 g/mol. The number of amides is 1. The molecule has 1 amide bonds. The first-order valence-corrected chi connectivity index (χ1v) is 14.0. The van der Waals surface area contributed by atoms with Crippen LogP contribution >= 0.6 is 12.6 Å². The first-order chi connectivity index (χ1) is 19.6. The monoisotopic (exact) mass is 589 g/mol. The van der Waals surface area contributed by atoms with Gasteiger partial charge in [-0.1, -0.05) is 0 Å². The van der Waals surface area contributed by atoms with Gasteiger partial charge in [-0.05, 0) is 69.4 Å². The van der Waals surface area contributed by atoms with Crippen molar-refractivity contribution in [1.29, 1.82) is 5.26 Å². The van der Waals surface area contributed by atoms with Gasteiger partial charge >= 0.3 is 12.1 Å². The summed E-state index contributed by atoms with van der Waals surface area (Å²) in [5.41, 5.74) is -3.13. The Morgan fingerprint density at radius 3 is 2.44 bits per heavy atom. The molecule has 5 rings (SSSR count). The van der Waals surface area contributed by atoms with Crippen molar-refractivity contribution in [2.24, 2.45) is 0 Å². The number of hydrogen-bond acceptors (Lipinski definition) is 9. The highest BCUT2D eigenvalue weighted by Gasteiger charge is 2.60. The SMILES string of the molecule is CCOC(=O)CN1CCC(Oc2ccc(N3C(S)N(c4cnc(C#N)c(C(F)(F)F)c4)C(=O)C34CCC4)cc2)CC1. The van der Waals surface area contributed by atoms with Crippen LogP contribution in [0.1, 0.15) is 50.3 Å². The van der Waals surface area contributed by atoms with E-state index in [1.54, 1.807) is 6.92 Å². The van der Waals surface area contributed by atoms with Crippen molar-refractivity contribution in [3.8, 4) is 11.8 Å². The average Bonchev–Trinajstić information content (AvgIpc) is 3.16. The molecule has 41 heavy (non-hydrogen) atoms. The van der Waals surface area contributed by atoms with E-state index in [1.807, 2.05) is 34.1 Å². The van der Waals surface area contributed by atoms with Crippen LogP contribution in [0.4, 0.5) is 24.5 Å². The molecule has 2 saturated heterocycles. The molecule has 1 aromatic heterocycles. The van der Waals surface area contributed by atoms with E-state index in [1.165, 1.54) is 11.0 Å². The van der Waals surface area contributed by atoms with Gasteiger partial charge in [0.2, 0.25) is 0 Å². The van der Waals surface area contributed by atoms with Crippen molar-refractivity contribution in [3.63, 3.8) is 0 Å². The molecule has 9 nitrogen and oxygen atoms in total. The van der Waals surface area contributed by atoms with E-state index >= 15 is 0 Å². The number of likely N-dealkylation sites (tertiary alicyclic amines) is 1. The summed E-state index contributed by atoms with van der Waals surface area (Å²) in [6.07, 6.45) is -0.301. The van der Waals surface area contributed by atoms with E-state index < -0.39 is 28.5 Å². The van der Waals surface area contributed by atoms with Crippen LogP contribution in [-0.2, 0) is 20.5 Å². The van der Waals surface area contributed by atoms with Gasteiger partial charge in [-0.15, -0.1) is 12.6 Å². The van der Waals surface area contributed by atoms with Gasteiger partial charge in [-0.25, -0.2) is 4.98 Å². The number of anilines is 2. The molecule has 218 valence electrons. The number of carbonyl (C=O) groups is 2. The number of carbonyl (C=O) groups excluding carboxylic acids is 2. The molecule has 0 N–H and O–H groups in total. The number of pyridine rings is 1. The fourth-order valence-corrected chi connectivity index (χ4v) is 6.30. The van der Waals surface area contributed by atoms with Crippen molar-refractivity contribution in [3.05, 3.63) is 47.8 Å². The second-order valence-corrected chi connectivity index (χ2v) is 10.8. The Morgan fingerprint density at radius 2 is 1.88 bits per heavy atom. The summed E-state index contributed by atoms with van der Waals surface area (Å²) in [6, 6.07) is 9.52. The Bertz CT molecular complexity index is 1340. The molecule has 2 aliphatic heterocycles. The zero-order valence-corrected chi connectivity index (χ0v) is 23.3. The van der Waals surface area contributed by atoms with Gasteiger partial charge in [-0.3, -0.25) is 19.4 Å². The third kappa shape index (κ3) is 5.55. The third-order valence-corrected chi connectivity index (χ3v) is 8.36. The second kappa shape index (κ2) is 11.4. The van der Waals surface area contributed by atoms with Gasteiger partial charge in [0, 0.05) is 18.8 Å². The minimum absolute atomic E-state index is 0.00883. The maximum absolute atomic E-state index is 13.7. The maximum Gasteiger partial charge on any atom is 0.419 e. The normalized spacial score (nSPS) is 21.1. The Balaban J connectivity index is 1.31. The first kappa shape index (κ1) is 29.0. The summed E-state index contributed by atoms with van der Waals surface area (Å²) in [7, 11) is 0. The summed E-state index contributed by atoms with van der Waals surface area (Å²) in [5.74, 6) is 0.0760. The molecule has 3 heterocycles. The number of nitrogens with zero attached hydrogens (tertiary/aromatic N) is 5. The second-order valence-electron chi connectivity index (χ2n) is 10.4. The molecule has 1 unspecified atom stereocenters. The molecule has 0 bridgehead atoms. The molecular weight excluding hydrogens is 559 g/mol. The van der Waals surface area contributed by atoms with Gasteiger partial charge in [0.05, 0.1) is 30.6 Å². The number of ether oxygens (including phenoxy) is 2. The van der Waals surface area contributed by atoms with Crippen LogP contribution in [-0.4, -0.2) is 65.1 Å². The van der Waals surface area contributed by atoms with Crippen LogP contribution in [0.3, 0.4) is 0 Å². The molecule has 1 spiro atoms. The van der Waals surface area contributed by atoms with Gasteiger partial charge in [0.15, 0.2) is 11.2 Å². The molecule has 1 aliphatic carbocycles. The topological polar surface area (TPSA) is 99.0 Å². The molecular formula is C28H30F3N5O4S. The van der Waals surface area contributed by atoms with Crippen LogP contribution in [0.2, 0.25) is 0 Å². The lowest BCUT2D eigenvalue weighted by molar-refractivity contribution is -0.145. The van der Waals surface area contributed by atoms with E-state index in [2.05, 4.69) is 17.6 Å². The summed E-state index contributed by atoms with van der Waals surface area (Å²) in [6.45, 7) is 3.85. The lowest BCUT2D eigenvalue weighted by Crippen LogP contribution is -2.55. The minimum Gasteiger partial charge on any atom is -0.490 e.